The number of nitrogens with two attached hydrogens (primary N) is 1. The van der Waals surface area contributed by atoms with Crippen LogP contribution in [0.2, 0.25) is 0 Å². The minimum absolute atomic E-state index is 0.0645. The first-order valence-corrected chi connectivity index (χ1v) is 6.48. The highest BCUT2D eigenvalue weighted by atomic mass is 16.4. The highest BCUT2D eigenvalue weighted by Gasteiger charge is 2.15. The third kappa shape index (κ3) is 3.69. The molecular weight excluding hydrogens is 284 g/mol. The van der Waals surface area contributed by atoms with Gasteiger partial charge in [-0.2, -0.15) is 0 Å². The zero-order chi connectivity index (χ0) is 16.1. The molecule has 0 bridgehead atoms. The van der Waals surface area contributed by atoms with E-state index >= 15 is 0 Å². The molecule has 0 spiro atoms. The lowest BCUT2D eigenvalue weighted by Crippen LogP contribution is -2.16. The van der Waals surface area contributed by atoms with E-state index in [-0.39, 0.29) is 17.5 Å². The van der Waals surface area contributed by atoms with Crippen molar-refractivity contribution in [2.75, 3.05) is 5.32 Å². The van der Waals surface area contributed by atoms with Crippen LogP contribution >= 0.6 is 0 Å². The molecular formula is C16H14N2O4. The second-order valence-electron chi connectivity index (χ2n) is 4.64. The average Bonchev–Trinajstić information content (AvgIpc) is 2.48. The topological polar surface area (TPSA) is 109 Å². The molecule has 0 radical (unpaired) electrons. The van der Waals surface area contributed by atoms with Gasteiger partial charge in [0.25, 0.3) is 5.91 Å². The lowest BCUT2D eigenvalue weighted by atomic mass is 10.1. The Bertz CT molecular complexity index is 723. The van der Waals surface area contributed by atoms with Crippen LogP contribution < -0.4 is 11.1 Å². The molecule has 2 amide bonds. The van der Waals surface area contributed by atoms with E-state index in [0.717, 1.165) is 5.56 Å². The summed E-state index contributed by atoms with van der Waals surface area (Å²) in [6, 6.07) is 12.6. The Morgan fingerprint density at radius 1 is 0.955 bits per heavy atom. The van der Waals surface area contributed by atoms with Crippen molar-refractivity contribution >= 4 is 23.5 Å². The first kappa shape index (κ1) is 15.2. The molecule has 22 heavy (non-hydrogen) atoms. The van der Waals surface area contributed by atoms with Crippen molar-refractivity contribution in [3.63, 3.8) is 0 Å². The first-order chi connectivity index (χ1) is 10.5. The third-order valence-electron chi connectivity index (χ3n) is 2.99. The van der Waals surface area contributed by atoms with Crippen LogP contribution in [0.15, 0.2) is 48.5 Å². The zero-order valence-corrected chi connectivity index (χ0v) is 11.6. The van der Waals surface area contributed by atoms with Gasteiger partial charge in [-0.1, -0.05) is 24.3 Å². The number of carboxylic acids is 1. The second-order valence-corrected chi connectivity index (χ2v) is 4.64. The Labute approximate surface area is 126 Å². The maximum atomic E-state index is 12.2. The number of nitrogens with one attached hydrogen (secondary N) is 1. The second kappa shape index (κ2) is 6.53. The van der Waals surface area contributed by atoms with Crippen LogP contribution in [0.1, 0.15) is 26.3 Å². The van der Waals surface area contributed by atoms with Crippen LogP contribution in [-0.2, 0) is 11.2 Å². The number of hydrogen-bond donors (Lipinski definition) is 3. The molecule has 2 rings (SSSR count). The summed E-state index contributed by atoms with van der Waals surface area (Å²) in [5.41, 5.74) is 6.35. The molecule has 6 heteroatoms. The Morgan fingerprint density at radius 3 is 2.09 bits per heavy atom. The van der Waals surface area contributed by atoms with E-state index in [2.05, 4.69) is 5.32 Å². The number of benzene rings is 2. The van der Waals surface area contributed by atoms with Crippen LogP contribution in [0.4, 0.5) is 5.69 Å². The standard InChI is InChI=1S/C16H14N2O4/c17-14(19)9-10-5-7-11(8-6-10)18-15(20)12-3-1-2-4-13(12)16(21)22/h1-8H,9H2,(H2,17,19)(H,18,20)(H,21,22). The molecule has 0 unspecified atom stereocenters. The quantitative estimate of drug-likeness (QED) is 0.779. The number of hydrogen-bond acceptors (Lipinski definition) is 3. The maximum absolute atomic E-state index is 12.2. The molecule has 2 aromatic rings. The normalized spacial score (nSPS) is 10.0. The number of rotatable bonds is 5. The number of primary amides is 1. The Morgan fingerprint density at radius 2 is 1.55 bits per heavy atom. The third-order valence-corrected chi connectivity index (χ3v) is 2.99. The molecule has 0 aliphatic carbocycles. The summed E-state index contributed by atoms with van der Waals surface area (Å²) in [5.74, 6) is -2.12. The van der Waals surface area contributed by atoms with E-state index in [1.165, 1.54) is 12.1 Å². The Hall–Kier alpha value is -3.15. The summed E-state index contributed by atoms with van der Waals surface area (Å²) in [7, 11) is 0. The molecule has 6 nitrogen and oxygen atoms in total. The average molecular weight is 298 g/mol. The van der Waals surface area contributed by atoms with E-state index in [0.29, 0.717) is 5.69 Å². The molecule has 0 aliphatic heterocycles. The SMILES string of the molecule is NC(=O)Cc1ccc(NC(=O)c2ccccc2C(=O)O)cc1. The number of carboxylic acid groups (broad SMARTS) is 1. The first-order valence-electron chi connectivity index (χ1n) is 6.48. The van der Waals surface area contributed by atoms with Gasteiger partial charge in [0.15, 0.2) is 0 Å². The predicted octanol–water partition coefficient (Wildman–Crippen LogP) is 1.66. The van der Waals surface area contributed by atoms with E-state index in [4.69, 9.17) is 10.8 Å². The fourth-order valence-electron chi connectivity index (χ4n) is 1.97. The molecule has 0 saturated heterocycles. The van der Waals surface area contributed by atoms with Crippen molar-refractivity contribution in [2.45, 2.75) is 6.42 Å². The number of aromatic carboxylic acids is 1. The van der Waals surface area contributed by atoms with Crippen LogP contribution in [0.3, 0.4) is 0 Å². The Balaban J connectivity index is 2.15. The summed E-state index contributed by atoms with van der Waals surface area (Å²) in [5, 5.41) is 11.7. The van der Waals surface area contributed by atoms with Gasteiger partial charge in [0.1, 0.15) is 0 Å². The minimum atomic E-state index is -1.16. The molecule has 0 saturated carbocycles. The van der Waals surface area contributed by atoms with Gasteiger partial charge in [-0.15, -0.1) is 0 Å². The molecule has 4 N–H and O–H groups in total. The van der Waals surface area contributed by atoms with E-state index in [9.17, 15) is 14.4 Å². The number of anilines is 1. The molecule has 0 fully saturated rings. The van der Waals surface area contributed by atoms with Gasteiger partial charge in [-0.25, -0.2) is 4.79 Å². The summed E-state index contributed by atoms with van der Waals surface area (Å²) in [6.07, 6.45) is 0.121. The van der Waals surface area contributed by atoms with Gasteiger partial charge in [-0.05, 0) is 29.8 Å². The van der Waals surface area contributed by atoms with E-state index < -0.39 is 17.8 Å². The number of amides is 2. The number of carbonyl (C=O) groups is 3. The van der Waals surface area contributed by atoms with E-state index in [1.54, 1.807) is 36.4 Å². The van der Waals surface area contributed by atoms with Crippen LogP contribution in [0.5, 0.6) is 0 Å². The van der Waals surface area contributed by atoms with Crippen molar-refractivity contribution in [1.29, 1.82) is 0 Å². The molecule has 0 atom stereocenters. The molecule has 0 aromatic heterocycles. The molecule has 2 aromatic carbocycles. The van der Waals surface area contributed by atoms with Crippen molar-refractivity contribution in [1.82, 2.24) is 0 Å². The van der Waals surface area contributed by atoms with Crippen LogP contribution in [-0.4, -0.2) is 22.9 Å². The summed E-state index contributed by atoms with van der Waals surface area (Å²) < 4.78 is 0. The molecule has 0 aliphatic rings. The predicted molar refractivity (Wildman–Crippen MR) is 80.7 cm³/mol. The fraction of sp³-hybridized carbons (Fsp3) is 0.0625. The largest absolute Gasteiger partial charge is 0.478 e. The van der Waals surface area contributed by atoms with Crippen molar-refractivity contribution < 1.29 is 19.5 Å². The van der Waals surface area contributed by atoms with Gasteiger partial charge in [0, 0.05) is 5.69 Å². The fourth-order valence-corrected chi connectivity index (χ4v) is 1.97. The van der Waals surface area contributed by atoms with Crippen LogP contribution in [0, 0.1) is 0 Å². The van der Waals surface area contributed by atoms with Gasteiger partial charge in [-0.3, -0.25) is 9.59 Å². The number of carbonyl (C=O) groups excluding carboxylic acids is 2. The van der Waals surface area contributed by atoms with Gasteiger partial charge in [0.2, 0.25) is 5.91 Å². The minimum Gasteiger partial charge on any atom is -0.478 e. The summed E-state index contributed by atoms with van der Waals surface area (Å²) >= 11 is 0. The summed E-state index contributed by atoms with van der Waals surface area (Å²) in [6.45, 7) is 0. The van der Waals surface area contributed by atoms with Gasteiger partial charge >= 0.3 is 5.97 Å². The maximum Gasteiger partial charge on any atom is 0.336 e. The highest BCUT2D eigenvalue weighted by Crippen LogP contribution is 2.14. The lowest BCUT2D eigenvalue weighted by Gasteiger charge is -2.08. The molecule has 112 valence electrons. The smallest absolute Gasteiger partial charge is 0.336 e. The monoisotopic (exact) mass is 298 g/mol. The van der Waals surface area contributed by atoms with Crippen LogP contribution in [0.25, 0.3) is 0 Å². The summed E-state index contributed by atoms with van der Waals surface area (Å²) in [4.78, 5) is 34.1. The van der Waals surface area contributed by atoms with E-state index in [1.807, 2.05) is 0 Å². The lowest BCUT2D eigenvalue weighted by molar-refractivity contribution is -0.117. The van der Waals surface area contributed by atoms with Gasteiger partial charge < -0.3 is 16.2 Å². The zero-order valence-electron chi connectivity index (χ0n) is 11.6. The Kier molecular flexibility index (Phi) is 4.53. The van der Waals surface area contributed by atoms with Gasteiger partial charge in [0.05, 0.1) is 17.5 Å². The van der Waals surface area contributed by atoms with Crippen molar-refractivity contribution in [2.24, 2.45) is 5.73 Å². The van der Waals surface area contributed by atoms with Crippen molar-refractivity contribution in [3.8, 4) is 0 Å². The highest BCUT2D eigenvalue weighted by molar-refractivity contribution is 6.10. The molecule has 0 heterocycles. The van der Waals surface area contributed by atoms with Crippen molar-refractivity contribution in [3.05, 3.63) is 65.2 Å².